The van der Waals surface area contributed by atoms with Crippen molar-refractivity contribution in [3.8, 4) is 5.75 Å². The second-order valence-electron chi connectivity index (χ2n) is 6.61. The molecule has 0 bridgehead atoms. The minimum absolute atomic E-state index is 0.269. The number of benzene rings is 2. The summed E-state index contributed by atoms with van der Waals surface area (Å²) in [6, 6.07) is 11.3. The predicted molar refractivity (Wildman–Crippen MR) is 103 cm³/mol. The molecule has 2 aromatic carbocycles. The van der Waals surface area contributed by atoms with Gasteiger partial charge in [0.05, 0.1) is 22.7 Å². The molecule has 1 N–H and O–H groups in total. The van der Waals surface area contributed by atoms with E-state index >= 15 is 0 Å². The molecule has 0 atom stereocenters. The Morgan fingerprint density at radius 3 is 2.27 bits per heavy atom. The molecular formula is C19H20Cl2N2O3. The van der Waals surface area contributed by atoms with Crippen LogP contribution in [-0.4, -0.2) is 29.5 Å². The molecule has 2 rings (SSSR count). The highest BCUT2D eigenvalue weighted by molar-refractivity contribution is 6.42. The van der Waals surface area contributed by atoms with Crippen LogP contribution in [0.5, 0.6) is 5.75 Å². The first kappa shape index (κ1) is 20.1. The lowest BCUT2D eigenvalue weighted by Gasteiger charge is -2.35. The Labute approximate surface area is 162 Å². The summed E-state index contributed by atoms with van der Waals surface area (Å²) >= 11 is 11.9. The van der Waals surface area contributed by atoms with E-state index in [1.165, 1.54) is 18.2 Å². The van der Waals surface area contributed by atoms with E-state index in [4.69, 9.17) is 27.9 Å². The van der Waals surface area contributed by atoms with E-state index in [9.17, 15) is 9.59 Å². The number of hydrazine groups is 1. The van der Waals surface area contributed by atoms with Crippen LogP contribution >= 0.6 is 23.2 Å². The normalized spacial score (nSPS) is 11.0. The Balaban J connectivity index is 2.31. The molecule has 0 heterocycles. The highest BCUT2D eigenvalue weighted by Crippen LogP contribution is 2.24. The summed E-state index contributed by atoms with van der Waals surface area (Å²) in [7, 11) is 1.52. The van der Waals surface area contributed by atoms with Gasteiger partial charge in [0.2, 0.25) is 0 Å². The Morgan fingerprint density at radius 2 is 1.69 bits per heavy atom. The molecule has 138 valence electrons. The fraction of sp³-hybridized carbons (Fsp3) is 0.263. The van der Waals surface area contributed by atoms with Crippen molar-refractivity contribution in [3.63, 3.8) is 0 Å². The average molecular weight is 395 g/mol. The fourth-order valence-corrected chi connectivity index (χ4v) is 2.51. The Kier molecular flexibility index (Phi) is 6.16. The summed E-state index contributed by atoms with van der Waals surface area (Å²) < 4.78 is 5.13. The van der Waals surface area contributed by atoms with Crippen molar-refractivity contribution < 1.29 is 14.3 Å². The lowest BCUT2D eigenvalue weighted by atomic mass is 10.1. The number of nitrogens with zero attached hydrogens (tertiary/aromatic N) is 1. The van der Waals surface area contributed by atoms with Crippen LogP contribution in [0.4, 0.5) is 0 Å². The number of carbonyl (C=O) groups excluding carboxylic acids is 2. The molecular weight excluding hydrogens is 375 g/mol. The summed E-state index contributed by atoms with van der Waals surface area (Å²) in [5, 5.41) is 1.89. The maximum Gasteiger partial charge on any atom is 0.272 e. The molecule has 0 spiro atoms. The van der Waals surface area contributed by atoms with Crippen LogP contribution in [0.2, 0.25) is 10.0 Å². The van der Waals surface area contributed by atoms with Crippen LogP contribution in [0.15, 0.2) is 42.5 Å². The standard InChI is InChI=1S/C19H20Cl2N2O3/c1-19(2,3)23(18(25)13-8-9-15(20)16(21)11-13)22-17(24)12-6-5-7-14(10-12)26-4/h5-11H,1-4H3,(H,22,24). The number of hydrogen-bond donors (Lipinski definition) is 1. The van der Waals surface area contributed by atoms with Gasteiger partial charge in [-0.15, -0.1) is 0 Å². The molecule has 0 fully saturated rings. The van der Waals surface area contributed by atoms with Gasteiger partial charge in [0.1, 0.15) is 5.75 Å². The molecule has 0 saturated carbocycles. The van der Waals surface area contributed by atoms with Gasteiger partial charge in [0.15, 0.2) is 0 Å². The first-order valence-corrected chi connectivity index (χ1v) is 8.63. The van der Waals surface area contributed by atoms with E-state index in [1.807, 2.05) is 20.8 Å². The summed E-state index contributed by atoms with van der Waals surface area (Å²) in [6.07, 6.45) is 0. The number of nitrogens with one attached hydrogen (secondary N) is 1. The van der Waals surface area contributed by atoms with E-state index in [0.29, 0.717) is 21.9 Å². The molecule has 0 radical (unpaired) electrons. The van der Waals surface area contributed by atoms with Crippen molar-refractivity contribution in [1.82, 2.24) is 10.4 Å². The monoisotopic (exact) mass is 394 g/mol. The molecule has 2 aromatic rings. The number of ether oxygens (including phenoxy) is 1. The van der Waals surface area contributed by atoms with E-state index in [1.54, 1.807) is 36.4 Å². The van der Waals surface area contributed by atoms with Gasteiger partial charge >= 0.3 is 0 Å². The lowest BCUT2D eigenvalue weighted by molar-refractivity contribution is 0.0358. The van der Waals surface area contributed by atoms with Crippen LogP contribution in [0.3, 0.4) is 0 Å². The predicted octanol–water partition coefficient (Wildman–Crippen LogP) is 4.59. The minimum Gasteiger partial charge on any atom is -0.497 e. The molecule has 0 aliphatic heterocycles. The third-order valence-electron chi connectivity index (χ3n) is 3.59. The zero-order valence-corrected chi connectivity index (χ0v) is 16.5. The zero-order chi connectivity index (χ0) is 19.5. The van der Waals surface area contributed by atoms with Crippen molar-refractivity contribution >= 4 is 35.0 Å². The number of amides is 2. The third kappa shape index (κ3) is 4.68. The molecule has 2 amide bonds. The maximum absolute atomic E-state index is 12.9. The van der Waals surface area contributed by atoms with Gasteiger partial charge in [0.25, 0.3) is 11.8 Å². The minimum atomic E-state index is -0.669. The number of rotatable bonds is 3. The SMILES string of the molecule is COc1cccc(C(=O)NN(C(=O)c2ccc(Cl)c(Cl)c2)C(C)(C)C)c1. The van der Waals surface area contributed by atoms with Crippen molar-refractivity contribution in [2.45, 2.75) is 26.3 Å². The number of methoxy groups -OCH3 is 1. The first-order valence-electron chi connectivity index (χ1n) is 7.88. The quantitative estimate of drug-likeness (QED) is 0.774. The third-order valence-corrected chi connectivity index (χ3v) is 4.32. The molecule has 0 aliphatic carbocycles. The second kappa shape index (κ2) is 7.98. The van der Waals surface area contributed by atoms with Crippen LogP contribution in [-0.2, 0) is 0 Å². The van der Waals surface area contributed by atoms with Crippen molar-refractivity contribution in [3.05, 3.63) is 63.6 Å². The highest BCUT2D eigenvalue weighted by atomic mass is 35.5. The Morgan fingerprint density at radius 1 is 1.00 bits per heavy atom. The molecule has 0 unspecified atom stereocenters. The first-order chi connectivity index (χ1) is 12.1. The number of carbonyl (C=O) groups is 2. The maximum atomic E-state index is 12.9. The molecule has 7 heteroatoms. The topological polar surface area (TPSA) is 58.6 Å². The number of halogens is 2. The molecule has 0 saturated heterocycles. The van der Waals surface area contributed by atoms with E-state index in [0.717, 1.165) is 0 Å². The smallest absolute Gasteiger partial charge is 0.272 e. The molecule has 26 heavy (non-hydrogen) atoms. The zero-order valence-electron chi connectivity index (χ0n) is 15.0. The van der Waals surface area contributed by atoms with Gasteiger partial charge < -0.3 is 4.74 Å². The summed E-state index contributed by atoms with van der Waals surface area (Å²) in [4.78, 5) is 25.5. The van der Waals surface area contributed by atoms with Gasteiger partial charge in [-0.3, -0.25) is 15.0 Å². The molecule has 0 aromatic heterocycles. The van der Waals surface area contributed by atoms with E-state index in [-0.39, 0.29) is 5.02 Å². The van der Waals surface area contributed by atoms with Crippen molar-refractivity contribution in [1.29, 1.82) is 0 Å². The number of hydrogen-bond acceptors (Lipinski definition) is 3. The van der Waals surface area contributed by atoms with Crippen LogP contribution in [0.1, 0.15) is 41.5 Å². The largest absolute Gasteiger partial charge is 0.497 e. The van der Waals surface area contributed by atoms with Crippen molar-refractivity contribution in [2.24, 2.45) is 0 Å². The van der Waals surface area contributed by atoms with Crippen molar-refractivity contribution in [2.75, 3.05) is 7.11 Å². The molecule has 5 nitrogen and oxygen atoms in total. The van der Waals surface area contributed by atoms with Crippen LogP contribution < -0.4 is 10.2 Å². The highest BCUT2D eigenvalue weighted by Gasteiger charge is 2.30. The molecule has 0 aliphatic rings. The summed E-state index contributed by atoms with van der Waals surface area (Å²) in [5.74, 6) is -0.268. The van der Waals surface area contributed by atoms with Gasteiger partial charge in [-0.25, -0.2) is 5.01 Å². The van der Waals surface area contributed by atoms with Gasteiger partial charge in [-0.2, -0.15) is 0 Å². The van der Waals surface area contributed by atoms with Crippen LogP contribution in [0, 0.1) is 0 Å². The summed E-state index contributed by atoms with van der Waals surface area (Å²) in [6.45, 7) is 5.44. The van der Waals surface area contributed by atoms with Gasteiger partial charge in [0, 0.05) is 11.1 Å². The average Bonchev–Trinajstić information content (AvgIpc) is 2.60. The van der Waals surface area contributed by atoms with Gasteiger partial charge in [-0.1, -0.05) is 29.3 Å². The van der Waals surface area contributed by atoms with E-state index < -0.39 is 17.4 Å². The van der Waals surface area contributed by atoms with Crippen LogP contribution in [0.25, 0.3) is 0 Å². The Bertz CT molecular complexity index is 832. The van der Waals surface area contributed by atoms with E-state index in [2.05, 4.69) is 5.43 Å². The Hall–Kier alpha value is -2.24. The lowest BCUT2D eigenvalue weighted by Crippen LogP contribution is -2.55. The fourth-order valence-electron chi connectivity index (χ4n) is 2.21. The van der Waals surface area contributed by atoms with Gasteiger partial charge in [-0.05, 0) is 57.2 Å². The summed E-state index contributed by atoms with van der Waals surface area (Å²) in [5.41, 5.74) is 2.70. The second-order valence-corrected chi connectivity index (χ2v) is 7.43.